The number of aryl methyl sites for hydroxylation is 1. The Balaban J connectivity index is 1.27. The Hall–Kier alpha value is -3.43. The maximum absolute atomic E-state index is 12.8. The minimum Gasteiger partial charge on any atom is -0.441 e. The molecule has 0 saturated carbocycles. The minimum absolute atomic E-state index is 0.134. The van der Waals surface area contributed by atoms with Gasteiger partial charge in [-0.25, -0.2) is 9.97 Å². The van der Waals surface area contributed by atoms with Crippen LogP contribution in [-0.4, -0.2) is 26.1 Å². The Morgan fingerprint density at radius 1 is 1.21 bits per heavy atom. The molecule has 0 fully saturated rings. The Bertz CT molecular complexity index is 1520. The molecule has 2 aromatic carbocycles. The molecule has 5 aromatic rings. The zero-order valence-corrected chi connectivity index (χ0v) is 19.5. The monoisotopic (exact) mass is 476 g/mol. The first-order valence-electron chi connectivity index (χ1n) is 10.3. The fraction of sp³-hybridized carbons (Fsp3) is 0.167. The summed E-state index contributed by atoms with van der Waals surface area (Å²) in [6.07, 6.45) is 0. The summed E-state index contributed by atoms with van der Waals surface area (Å²) >= 11 is 2.86. The highest BCUT2D eigenvalue weighted by molar-refractivity contribution is 7.99. The number of rotatable bonds is 6. The van der Waals surface area contributed by atoms with Crippen molar-refractivity contribution in [1.29, 1.82) is 0 Å². The average molecular weight is 477 g/mol. The highest BCUT2D eigenvalue weighted by atomic mass is 32.2. The van der Waals surface area contributed by atoms with Gasteiger partial charge in [0.1, 0.15) is 16.2 Å². The van der Waals surface area contributed by atoms with E-state index in [1.54, 1.807) is 25.1 Å². The van der Waals surface area contributed by atoms with Crippen LogP contribution in [0.1, 0.15) is 18.6 Å². The van der Waals surface area contributed by atoms with Gasteiger partial charge in [0, 0.05) is 23.6 Å². The van der Waals surface area contributed by atoms with Crippen LogP contribution < -0.4 is 10.9 Å². The molecule has 0 aliphatic carbocycles. The number of fused-ring (bicyclic) bond motifs is 2. The van der Waals surface area contributed by atoms with E-state index >= 15 is 0 Å². The number of benzene rings is 2. The van der Waals surface area contributed by atoms with Crippen molar-refractivity contribution in [2.45, 2.75) is 24.9 Å². The molecule has 1 amide bonds. The van der Waals surface area contributed by atoms with Gasteiger partial charge in [-0.2, -0.15) is 0 Å². The molecule has 0 aliphatic heterocycles. The number of carbonyl (C=O) groups is 1. The summed E-state index contributed by atoms with van der Waals surface area (Å²) in [5.41, 5.74) is 3.75. The first-order chi connectivity index (χ1) is 16.0. The standard InChI is InChI=1S/C24H20N4O3S2/c1-13(22(29)26-16-8-9-19-18(10-16)25-14(2)31-19)32-12-20-27-23(30)21-17(11-33-24(21)28-20)15-6-4-3-5-7-15/h3-11,13H,12H2,1-2H3,(H,26,29)(H,27,28,30). The Labute approximate surface area is 197 Å². The van der Waals surface area contributed by atoms with Crippen molar-refractivity contribution in [3.8, 4) is 11.1 Å². The molecule has 166 valence electrons. The molecule has 0 saturated heterocycles. The van der Waals surface area contributed by atoms with Gasteiger partial charge in [-0.05, 0) is 30.7 Å². The summed E-state index contributed by atoms with van der Waals surface area (Å²) in [5.74, 6) is 1.42. The highest BCUT2D eigenvalue weighted by Crippen LogP contribution is 2.31. The predicted molar refractivity (Wildman–Crippen MR) is 134 cm³/mol. The number of hydrogen-bond acceptors (Lipinski definition) is 7. The highest BCUT2D eigenvalue weighted by Gasteiger charge is 2.17. The fourth-order valence-corrected chi connectivity index (χ4v) is 5.26. The number of nitrogens with zero attached hydrogens (tertiary/aromatic N) is 2. The molecule has 5 rings (SSSR count). The molecule has 3 aromatic heterocycles. The second-order valence-corrected chi connectivity index (χ2v) is 9.75. The first kappa shape index (κ1) is 21.4. The molecule has 3 heterocycles. The molecular formula is C24H20N4O3S2. The van der Waals surface area contributed by atoms with E-state index in [0.29, 0.717) is 44.5 Å². The maximum Gasteiger partial charge on any atom is 0.260 e. The maximum atomic E-state index is 12.8. The summed E-state index contributed by atoms with van der Waals surface area (Å²) in [5, 5.41) is 5.13. The molecule has 0 spiro atoms. The lowest BCUT2D eigenvalue weighted by molar-refractivity contribution is -0.115. The summed E-state index contributed by atoms with van der Waals surface area (Å²) < 4.78 is 5.47. The van der Waals surface area contributed by atoms with E-state index in [1.165, 1.54) is 23.1 Å². The number of amides is 1. The number of H-pyrrole nitrogens is 1. The van der Waals surface area contributed by atoms with Gasteiger partial charge in [-0.15, -0.1) is 23.1 Å². The van der Waals surface area contributed by atoms with Crippen LogP contribution in [0.4, 0.5) is 5.69 Å². The van der Waals surface area contributed by atoms with E-state index in [-0.39, 0.29) is 16.7 Å². The minimum atomic E-state index is -0.344. The Kier molecular flexibility index (Phi) is 5.74. The van der Waals surface area contributed by atoms with E-state index in [0.717, 1.165) is 11.1 Å². The lowest BCUT2D eigenvalue weighted by Gasteiger charge is -2.11. The van der Waals surface area contributed by atoms with E-state index in [9.17, 15) is 9.59 Å². The fourth-order valence-electron chi connectivity index (χ4n) is 3.54. The van der Waals surface area contributed by atoms with Crippen molar-refractivity contribution in [2.24, 2.45) is 0 Å². The van der Waals surface area contributed by atoms with Gasteiger partial charge in [-0.1, -0.05) is 30.3 Å². The number of aromatic nitrogens is 3. The molecule has 0 bridgehead atoms. The third kappa shape index (κ3) is 4.42. The summed E-state index contributed by atoms with van der Waals surface area (Å²) in [4.78, 5) is 37.9. The molecule has 33 heavy (non-hydrogen) atoms. The lowest BCUT2D eigenvalue weighted by atomic mass is 10.1. The molecule has 9 heteroatoms. The SMILES string of the molecule is Cc1nc2cc(NC(=O)C(C)SCc3nc4scc(-c5ccccc5)c4c(=O)[nH]3)ccc2o1. The molecule has 7 nitrogen and oxygen atoms in total. The van der Waals surface area contributed by atoms with Gasteiger partial charge >= 0.3 is 0 Å². The predicted octanol–water partition coefficient (Wildman–Crippen LogP) is 5.36. The summed E-state index contributed by atoms with van der Waals surface area (Å²) in [6.45, 7) is 3.61. The number of carbonyl (C=O) groups excluding carboxylic acids is 1. The molecular weight excluding hydrogens is 456 g/mol. The van der Waals surface area contributed by atoms with Gasteiger partial charge in [0.05, 0.1) is 16.4 Å². The second kappa shape index (κ2) is 8.84. The first-order valence-corrected chi connectivity index (χ1v) is 12.3. The van der Waals surface area contributed by atoms with Crippen molar-refractivity contribution in [3.05, 3.63) is 76.0 Å². The Morgan fingerprint density at radius 2 is 2.03 bits per heavy atom. The Morgan fingerprint density at radius 3 is 2.85 bits per heavy atom. The molecule has 2 N–H and O–H groups in total. The molecule has 0 radical (unpaired) electrons. The number of hydrogen-bond donors (Lipinski definition) is 2. The third-order valence-corrected chi connectivity index (χ3v) is 7.21. The zero-order chi connectivity index (χ0) is 22.9. The van der Waals surface area contributed by atoms with E-state index in [1.807, 2.05) is 42.6 Å². The quantitative estimate of drug-likeness (QED) is 0.342. The molecule has 1 atom stereocenters. The van der Waals surface area contributed by atoms with E-state index in [2.05, 4.69) is 20.3 Å². The second-order valence-electron chi connectivity index (χ2n) is 7.57. The van der Waals surface area contributed by atoms with Crippen LogP contribution in [0.3, 0.4) is 0 Å². The van der Waals surface area contributed by atoms with Crippen molar-refractivity contribution in [1.82, 2.24) is 15.0 Å². The van der Waals surface area contributed by atoms with Crippen molar-refractivity contribution in [2.75, 3.05) is 5.32 Å². The van der Waals surface area contributed by atoms with Crippen LogP contribution in [0, 0.1) is 6.92 Å². The van der Waals surface area contributed by atoms with Crippen molar-refractivity contribution < 1.29 is 9.21 Å². The smallest absolute Gasteiger partial charge is 0.260 e. The number of nitrogens with one attached hydrogen (secondary N) is 2. The summed E-state index contributed by atoms with van der Waals surface area (Å²) in [6, 6.07) is 15.2. The normalized spacial score (nSPS) is 12.3. The lowest BCUT2D eigenvalue weighted by Crippen LogP contribution is -2.23. The molecule has 0 aliphatic rings. The van der Waals surface area contributed by atoms with Crippen molar-refractivity contribution >= 4 is 56.0 Å². The van der Waals surface area contributed by atoms with Crippen LogP contribution in [0.15, 0.2) is 63.1 Å². The van der Waals surface area contributed by atoms with Crippen molar-refractivity contribution in [3.63, 3.8) is 0 Å². The number of oxazole rings is 1. The largest absolute Gasteiger partial charge is 0.441 e. The van der Waals surface area contributed by atoms with Gasteiger partial charge in [-0.3, -0.25) is 9.59 Å². The van der Waals surface area contributed by atoms with Crippen LogP contribution in [0.25, 0.3) is 32.4 Å². The van der Waals surface area contributed by atoms with E-state index < -0.39 is 0 Å². The van der Waals surface area contributed by atoms with Crippen LogP contribution >= 0.6 is 23.1 Å². The van der Waals surface area contributed by atoms with Crippen LogP contribution in [0.5, 0.6) is 0 Å². The number of aromatic amines is 1. The van der Waals surface area contributed by atoms with Gasteiger partial charge in [0.2, 0.25) is 5.91 Å². The number of thiophene rings is 1. The average Bonchev–Trinajstić information content (AvgIpc) is 3.40. The number of thioether (sulfide) groups is 1. The van der Waals surface area contributed by atoms with Gasteiger partial charge < -0.3 is 14.7 Å². The van der Waals surface area contributed by atoms with E-state index in [4.69, 9.17) is 4.42 Å². The summed E-state index contributed by atoms with van der Waals surface area (Å²) in [7, 11) is 0. The molecule has 1 unspecified atom stereocenters. The number of anilines is 1. The van der Waals surface area contributed by atoms with Gasteiger partial charge in [0.15, 0.2) is 11.5 Å². The zero-order valence-electron chi connectivity index (χ0n) is 17.9. The van der Waals surface area contributed by atoms with Crippen LogP contribution in [0.2, 0.25) is 0 Å². The third-order valence-electron chi connectivity index (χ3n) is 5.18. The van der Waals surface area contributed by atoms with Crippen LogP contribution in [-0.2, 0) is 10.5 Å². The topological polar surface area (TPSA) is 101 Å². The van der Waals surface area contributed by atoms with Gasteiger partial charge in [0.25, 0.3) is 5.56 Å².